The van der Waals surface area contributed by atoms with E-state index in [4.69, 9.17) is 9.15 Å². The molecule has 1 atom stereocenters. The summed E-state index contributed by atoms with van der Waals surface area (Å²) in [4.78, 5) is 2.09. The van der Waals surface area contributed by atoms with Crippen LogP contribution in [0.1, 0.15) is 46.0 Å². The first kappa shape index (κ1) is 14.3. The number of hydrogen-bond acceptors (Lipinski definition) is 6. The van der Waals surface area contributed by atoms with E-state index < -0.39 is 0 Å². The van der Waals surface area contributed by atoms with Crippen LogP contribution in [-0.4, -0.2) is 42.0 Å². The van der Waals surface area contributed by atoms with Crippen molar-refractivity contribution in [2.45, 2.75) is 45.8 Å². The normalized spacial score (nSPS) is 20.5. The largest absolute Gasteiger partial charge is 0.406 e. The molecule has 0 aromatic carbocycles. The summed E-state index contributed by atoms with van der Waals surface area (Å²) < 4.78 is 11.4. The van der Waals surface area contributed by atoms with Crippen molar-refractivity contribution in [1.29, 1.82) is 0 Å². The van der Waals surface area contributed by atoms with Gasteiger partial charge < -0.3 is 19.4 Å². The lowest BCUT2D eigenvalue weighted by Crippen LogP contribution is -2.48. The highest BCUT2D eigenvalue weighted by Gasteiger charge is 2.30. The minimum atomic E-state index is -0.168. The van der Waals surface area contributed by atoms with E-state index in [1.165, 1.54) is 0 Å². The van der Waals surface area contributed by atoms with Crippen molar-refractivity contribution in [2.75, 3.05) is 31.1 Å². The summed E-state index contributed by atoms with van der Waals surface area (Å²) in [7, 11) is 0. The smallest absolute Gasteiger partial charge is 0.318 e. The van der Waals surface area contributed by atoms with Gasteiger partial charge in [-0.1, -0.05) is 12.0 Å². The van der Waals surface area contributed by atoms with Gasteiger partial charge in [-0.25, -0.2) is 0 Å². The Morgan fingerprint density at radius 2 is 2.21 bits per heavy atom. The van der Waals surface area contributed by atoms with Gasteiger partial charge in [0.2, 0.25) is 5.89 Å². The summed E-state index contributed by atoms with van der Waals surface area (Å²) in [6.07, 6.45) is 1.09. The number of anilines is 1. The van der Waals surface area contributed by atoms with E-state index in [1.54, 1.807) is 0 Å². The Morgan fingerprint density at radius 3 is 2.89 bits per heavy atom. The minimum absolute atomic E-state index is 0.0928. The molecule has 2 rings (SSSR count). The number of aromatic nitrogens is 2. The molecular weight excluding hydrogens is 244 g/mol. The Bertz CT molecular complexity index is 405. The number of ether oxygens (including phenoxy) is 1. The van der Waals surface area contributed by atoms with Gasteiger partial charge >= 0.3 is 6.01 Å². The highest BCUT2D eigenvalue weighted by molar-refractivity contribution is 5.26. The SMILES string of the molecule is CCCNC(C)c1nnc(N2CCOC(C)(C)C2)o1. The fraction of sp³-hybridized carbons (Fsp3) is 0.846. The predicted octanol–water partition coefficient (Wildman–Crippen LogP) is 1.75. The first-order chi connectivity index (χ1) is 9.02. The summed E-state index contributed by atoms with van der Waals surface area (Å²) >= 11 is 0. The van der Waals surface area contributed by atoms with Gasteiger partial charge in [-0.05, 0) is 33.7 Å². The second-order valence-corrected chi connectivity index (χ2v) is 5.63. The molecule has 19 heavy (non-hydrogen) atoms. The van der Waals surface area contributed by atoms with Gasteiger partial charge in [-0.2, -0.15) is 0 Å². The number of nitrogens with one attached hydrogen (secondary N) is 1. The molecule has 6 nitrogen and oxygen atoms in total. The predicted molar refractivity (Wildman–Crippen MR) is 73.3 cm³/mol. The maximum absolute atomic E-state index is 5.76. The Kier molecular flexibility index (Phi) is 4.42. The molecule has 1 fully saturated rings. The molecule has 0 spiro atoms. The lowest BCUT2D eigenvalue weighted by molar-refractivity contribution is -0.0290. The summed E-state index contributed by atoms with van der Waals surface area (Å²) in [6, 6.07) is 0.687. The van der Waals surface area contributed by atoms with Crippen molar-refractivity contribution >= 4 is 6.01 Å². The lowest BCUT2D eigenvalue weighted by atomic mass is 10.1. The molecule has 6 heteroatoms. The highest BCUT2D eigenvalue weighted by Crippen LogP contribution is 2.23. The maximum Gasteiger partial charge on any atom is 0.318 e. The summed E-state index contributed by atoms with van der Waals surface area (Å²) in [5, 5.41) is 11.6. The Balaban J connectivity index is 2.00. The highest BCUT2D eigenvalue weighted by atomic mass is 16.5. The van der Waals surface area contributed by atoms with Gasteiger partial charge in [0.1, 0.15) is 0 Å². The van der Waals surface area contributed by atoms with E-state index in [-0.39, 0.29) is 11.6 Å². The van der Waals surface area contributed by atoms with E-state index in [9.17, 15) is 0 Å². The molecule has 0 saturated carbocycles. The monoisotopic (exact) mass is 268 g/mol. The van der Waals surface area contributed by atoms with Crippen LogP contribution in [0.2, 0.25) is 0 Å². The van der Waals surface area contributed by atoms with Crippen LogP contribution < -0.4 is 10.2 Å². The third-order valence-corrected chi connectivity index (χ3v) is 3.20. The Labute approximate surface area is 114 Å². The average molecular weight is 268 g/mol. The van der Waals surface area contributed by atoms with Crippen molar-refractivity contribution in [1.82, 2.24) is 15.5 Å². The lowest BCUT2D eigenvalue weighted by Gasteiger charge is -2.36. The fourth-order valence-electron chi connectivity index (χ4n) is 2.16. The first-order valence-electron chi connectivity index (χ1n) is 6.97. The zero-order chi connectivity index (χ0) is 13.9. The van der Waals surface area contributed by atoms with E-state index in [2.05, 4.69) is 41.2 Å². The molecule has 0 radical (unpaired) electrons. The molecule has 0 aliphatic carbocycles. The van der Waals surface area contributed by atoms with Crippen LogP contribution in [0.5, 0.6) is 0 Å². The van der Waals surface area contributed by atoms with Crippen LogP contribution in [0.25, 0.3) is 0 Å². The number of morpholine rings is 1. The van der Waals surface area contributed by atoms with Crippen LogP contribution in [0, 0.1) is 0 Å². The van der Waals surface area contributed by atoms with Crippen molar-refractivity contribution in [3.63, 3.8) is 0 Å². The van der Waals surface area contributed by atoms with Gasteiger partial charge in [0.05, 0.1) is 24.8 Å². The Morgan fingerprint density at radius 1 is 1.42 bits per heavy atom. The molecule has 1 aromatic heterocycles. The van der Waals surface area contributed by atoms with Gasteiger partial charge in [-0.3, -0.25) is 0 Å². The van der Waals surface area contributed by atoms with Crippen molar-refractivity contribution in [3.8, 4) is 0 Å². The molecule has 1 unspecified atom stereocenters. The second-order valence-electron chi connectivity index (χ2n) is 5.63. The van der Waals surface area contributed by atoms with Gasteiger partial charge in [0.25, 0.3) is 0 Å². The van der Waals surface area contributed by atoms with Gasteiger partial charge in [0, 0.05) is 6.54 Å². The summed E-state index contributed by atoms with van der Waals surface area (Å²) in [5.41, 5.74) is -0.168. The fourth-order valence-corrected chi connectivity index (χ4v) is 2.16. The summed E-state index contributed by atoms with van der Waals surface area (Å²) in [5.74, 6) is 0.646. The third-order valence-electron chi connectivity index (χ3n) is 3.20. The molecule has 0 bridgehead atoms. The molecular formula is C13H24N4O2. The second kappa shape index (κ2) is 5.88. The van der Waals surface area contributed by atoms with E-state index in [0.29, 0.717) is 18.5 Å². The number of nitrogens with zero attached hydrogens (tertiary/aromatic N) is 3. The van der Waals surface area contributed by atoms with Crippen molar-refractivity contribution in [2.24, 2.45) is 0 Å². The molecule has 1 aliphatic heterocycles. The topological polar surface area (TPSA) is 63.4 Å². The molecule has 2 heterocycles. The van der Waals surface area contributed by atoms with E-state index >= 15 is 0 Å². The van der Waals surface area contributed by atoms with Gasteiger partial charge in [-0.15, -0.1) is 5.10 Å². The van der Waals surface area contributed by atoms with Crippen LogP contribution in [0.15, 0.2) is 4.42 Å². The van der Waals surface area contributed by atoms with Crippen LogP contribution >= 0.6 is 0 Å². The molecule has 0 amide bonds. The quantitative estimate of drug-likeness (QED) is 0.877. The molecule has 1 N–H and O–H groups in total. The summed E-state index contributed by atoms with van der Waals surface area (Å²) in [6.45, 7) is 11.5. The molecule has 1 saturated heterocycles. The minimum Gasteiger partial charge on any atom is -0.406 e. The van der Waals surface area contributed by atoms with Crippen molar-refractivity contribution in [3.05, 3.63) is 5.89 Å². The first-order valence-corrected chi connectivity index (χ1v) is 6.97. The van der Waals surface area contributed by atoms with E-state index in [0.717, 1.165) is 26.1 Å². The Hall–Kier alpha value is -1.14. The maximum atomic E-state index is 5.76. The number of rotatable bonds is 5. The molecule has 1 aliphatic rings. The van der Waals surface area contributed by atoms with E-state index in [1.807, 2.05) is 6.92 Å². The molecule has 108 valence electrons. The number of hydrogen-bond donors (Lipinski definition) is 1. The standard InChI is InChI=1S/C13H24N4O2/c1-5-6-14-10(2)11-15-16-12(19-11)17-7-8-18-13(3,4)9-17/h10,14H,5-9H2,1-4H3. The molecule has 1 aromatic rings. The third kappa shape index (κ3) is 3.67. The van der Waals surface area contributed by atoms with Crippen LogP contribution in [0.3, 0.4) is 0 Å². The zero-order valence-corrected chi connectivity index (χ0v) is 12.3. The van der Waals surface area contributed by atoms with Crippen LogP contribution in [0.4, 0.5) is 6.01 Å². The van der Waals surface area contributed by atoms with Crippen LogP contribution in [-0.2, 0) is 4.74 Å². The average Bonchev–Trinajstić information content (AvgIpc) is 2.84. The van der Waals surface area contributed by atoms with Crippen molar-refractivity contribution < 1.29 is 9.15 Å². The van der Waals surface area contributed by atoms with Gasteiger partial charge in [0.15, 0.2) is 0 Å². The zero-order valence-electron chi connectivity index (χ0n) is 12.3.